The first-order valence-corrected chi connectivity index (χ1v) is 5.74. The summed E-state index contributed by atoms with van der Waals surface area (Å²) in [5.41, 5.74) is 2.25. The SMILES string of the molecule is OC[C@@H](Cc1cnc[nH]1)NCc1ccccc1. The molecule has 17 heavy (non-hydrogen) atoms. The van der Waals surface area contributed by atoms with Gasteiger partial charge in [-0.3, -0.25) is 0 Å². The number of hydrogen-bond acceptors (Lipinski definition) is 3. The molecule has 0 bridgehead atoms. The Labute approximate surface area is 101 Å². The molecule has 0 aliphatic heterocycles. The second-order valence-electron chi connectivity index (χ2n) is 4.03. The van der Waals surface area contributed by atoms with Crippen molar-refractivity contribution in [3.8, 4) is 0 Å². The highest BCUT2D eigenvalue weighted by Crippen LogP contribution is 2.01. The minimum absolute atomic E-state index is 0.0515. The fourth-order valence-electron chi connectivity index (χ4n) is 1.72. The summed E-state index contributed by atoms with van der Waals surface area (Å²) in [6, 6.07) is 10.2. The molecule has 0 saturated carbocycles. The zero-order chi connectivity index (χ0) is 11.9. The third kappa shape index (κ3) is 3.69. The molecule has 1 aromatic heterocycles. The molecule has 0 amide bonds. The van der Waals surface area contributed by atoms with Gasteiger partial charge in [0, 0.05) is 30.9 Å². The lowest BCUT2D eigenvalue weighted by atomic mass is 10.1. The number of H-pyrrole nitrogens is 1. The van der Waals surface area contributed by atoms with Crippen LogP contribution in [0.1, 0.15) is 11.3 Å². The van der Waals surface area contributed by atoms with Crippen LogP contribution in [0.25, 0.3) is 0 Å². The Morgan fingerprint density at radius 1 is 1.29 bits per heavy atom. The van der Waals surface area contributed by atoms with E-state index < -0.39 is 0 Å². The average molecular weight is 231 g/mol. The first-order chi connectivity index (χ1) is 8.38. The standard InChI is InChI=1S/C13H17N3O/c17-9-13(6-12-8-14-10-16-12)15-7-11-4-2-1-3-5-11/h1-5,8,10,13,15,17H,6-7,9H2,(H,14,16)/t13-/m1/s1. The van der Waals surface area contributed by atoms with Gasteiger partial charge in [0.05, 0.1) is 12.9 Å². The number of aliphatic hydroxyl groups excluding tert-OH is 1. The van der Waals surface area contributed by atoms with Gasteiger partial charge in [-0.2, -0.15) is 0 Å². The smallest absolute Gasteiger partial charge is 0.0921 e. The van der Waals surface area contributed by atoms with E-state index in [-0.39, 0.29) is 12.6 Å². The number of aromatic amines is 1. The molecule has 0 radical (unpaired) electrons. The third-order valence-electron chi connectivity index (χ3n) is 2.68. The first-order valence-electron chi connectivity index (χ1n) is 5.74. The molecule has 1 aromatic carbocycles. The van der Waals surface area contributed by atoms with E-state index in [0.717, 1.165) is 18.7 Å². The Morgan fingerprint density at radius 2 is 2.12 bits per heavy atom. The second-order valence-corrected chi connectivity index (χ2v) is 4.03. The van der Waals surface area contributed by atoms with Gasteiger partial charge in [-0.05, 0) is 5.56 Å². The summed E-state index contributed by atoms with van der Waals surface area (Å²) in [7, 11) is 0. The van der Waals surface area contributed by atoms with E-state index in [1.165, 1.54) is 5.56 Å². The topological polar surface area (TPSA) is 60.9 Å². The van der Waals surface area contributed by atoms with Gasteiger partial charge in [0.1, 0.15) is 0 Å². The van der Waals surface area contributed by atoms with Crippen molar-refractivity contribution < 1.29 is 5.11 Å². The number of aliphatic hydroxyl groups is 1. The van der Waals surface area contributed by atoms with Crippen LogP contribution < -0.4 is 5.32 Å². The molecule has 0 unspecified atom stereocenters. The van der Waals surface area contributed by atoms with E-state index in [4.69, 9.17) is 0 Å². The maximum Gasteiger partial charge on any atom is 0.0921 e. The van der Waals surface area contributed by atoms with Crippen molar-refractivity contribution in [2.24, 2.45) is 0 Å². The molecular weight excluding hydrogens is 214 g/mol. The van der Waals surface area contributed by atoms with Crippen LogP contribution in [0, 0.1) is 0 Å². The van der Waals surface area contributed by atoms with Crippen molar-refractivity contribution in [2.75, 3.05) is 6.61 Å². The fraction of sp³-hybridized carbons (Fsp3) is 0.308. The van der Waals surface area contributed by atoms with Gasteiger partial charge in [0.2, 0.25) is 0 Å². The van der Waals surface area contributed by atoms with E-state index in [2.05, 4.69) is 27.4 Å². The minimum atomic E-state index is 0.0515. The molecule has 1 atom stereocenters. The molecule has 1 heterocycles. The highest BCUT2D eigenvalue weighted by atomic mass is 16.3. The molecule has 0 aliphatic carbocycles. The quantitative estimate of drug-likeness (QED) is 0.697. The van der Waals surface area contributed by atoms with Crippen LogP contribution in [-0.4, -0.2) is 27.7 Å². The van der Waals surface area contributed by atoms with Crippen LogP contribution in [0.15, 0.2) is 42.9 Å². The Hall–Kier alpha value is -1.65. The van der Waals surface area contributed by atoms with E-state index in [0.29, 0.717) is 0 Å². The van der Waals surface area contributed by atoms with Crippen LogP contribution in [0.3, 0.4) is 0 Å². The molecule has 0 fully saturated rings. The van der Waals surface area contributed by atoms with E-state index >= 15 is 0 Å². The number of nitrogens with zero attached hydrogens (tertiary/aromatic N) is 1. The maximum atomic E-state index is 9.31. The Morgan fingerprint density at radius 3 is 2.76 bits per heavy atom. The molecule has 0 aliphatic rings. The van der Waals surface area contributed by atoms with Gasteiger partial charge in [0.15, 0.2) is 0 Å². The largest absolute Gasteiger partial charge is 0.395 e. The van der Waals surface area contributed by atoms with Crippen LogP contribution >= 0.6 is 0 Å². The van der Waals surface area contributed by atoms with Gasteiger partial charge < -0.3 is 15.4 Å². The Balaban J connectivity index is 1.84. The van der Waals surface area contributed by atoms with Gasteiger partial charge in [-0.25, -0.2) is 4.98 Å². The lowest BCUT2D eigenvalue weighted by molar-refractivity contribution is 0.240. The van der Waals surface area contributed by atoms with Crippen LogP contribution in [0.5, 0.6) is 0 Å². The zero-order valence-corrected chi connectivity index (χ0v) is 9.63. The van der Waals surface area contributed by atoms with Crippen LogP contribution in [0.4, 0.5) is 0 Å². The number of rotatable bonds is 6. The predicted molar refractivity (Wildman–Crippen MR) is 66.4 cm³/mol. The zero-order valence-electron chi connectivity index (χ0n) is 9.63. The molecule has 2 aromatic rings. The van der Waals surface area contributed by atoms with Gasteiger partial charge in [0.25, 0.3) is 0 Å². The van der Waals surface area contributed by atoms with Gasteiger partial charge in [-0.15, -0.1) is 0 Å². The van der Waals surface area contributed by atoms with Crippen molar-refractivity contribution in [1.29, 1.82) is 0 Å². The van der Waals surface area contributed by atoms with Crippen LogP contribution in [0.2, 0.25) is 0 Å². The summed E-state index contributed by atoms with van der Waals surface area (Å²) in [5.74, 6) is 0. The van der Waals surface area contributed by atoms with E-state index in [1.807, 2.05) is 18.2 Å². The highest BCUT2D eigenvalue weighted by molar-refractivity contribution is 5.14. The average Bonchev–Trinajstić information content (AvgIpc) is 2.88. The molecule has 3 N–H and O–H groups in total. The molecule has 90 valence electrons. The van der Waals surface area contributed by atoms with Crippen LogP contribution in [-0.2, 0) is 13.0 Å². The molecule has 0 saturated heterocycles. The molecule has 2 rings (SSSR count). The van der Waals surface area contributed by atoms with Crippen molar-refractivity contribution in [3.63, 3.8) is 0 Å². The lowest BCUT2D eigenvalue weighted by Gasteiger charge is -2.15. The first kappa shape index (κ1) is 11.8. The summed E-state index contributed by atoms with van der Waals surface area (Å²) in [6.45, 7) is 0.881. The summed E-state index contributed by atoms with van der Waals surface area (Å²) in [4.78, 5) is 7.00. The monoisotopic (exact) mass is 231 g/mol. The second kappa shape index (κ2) is 6.18. The summed E-state index contributed by atoms with van der Waals surface area (Å²) >= 11 is 0. The minimum Gasteiger partial charge on any atom is -0.395 e. The Bertz CT molecular complexity index is 413. The normalized spacial score (nSPS) is 12.5. The Kier molecular flexibility index (Phi) is 4.30. The summed E-state index contributed by atoms with van der Waals surface area (Å²) < 4.78 is 0. The van der Waals surface area contributed by atoms with Crippen molar-refractivity contribution in [2.45, 2.75) is 19.0 Å². The number of aromatic nitrogens is 2. The summed E-state index contributed by atoms with van der Waals surface area (Å²) in [6.07, 6.45) is 4.19. The van der Waals surface area contributed by atoms with Crippen molar-refractivity contribution >= 4 is 0 Å². The van der Waals surface area contributed by atoms with E-state index in [9.17, 15) is 5.11 Å². The highest BCUT2D eigenvalue weighted by Gasteiger charge is 2.08. The summed E-state index contributed by atoms with van der Waals surface area (Å²) in [5, 5.41) is 12.6. The van der Waals surface area contributed by atoms with Crippen molar-refractivity contribution in [3.05, 3.63) is 54.1 Å². The third-order valence-corrected chi connectivity index (χ3v) is 2.68. The number of imidazole rings is 1. The molecular formula is C13H17N3O. The predicted octanol–water partition coefficient (Wildman–Crippen LogP) is 1.10. The fourth-order valence-corrected chi connectivity index (χ4v) is 1.72. The number of hydrogen-bond donors (Lipinski definition) is 3. The van der Waals surface area contributed by atoms with Gasteiger partial charge >= 0.3 is 0 Å². The maximum absolute atomic E-state index is 9.31. The molecule has 4 nitrogen and oxygen atoms in total. The number of benzene rings is 1. The molecule has 0 spiro atoms. The van der Waals surface area contributed by atoms with E-state index in [1.54, 1.807) is 12.5 Å². The van der Waals surface area contributed by atoms with Gasteiger partial charge in [-0.1, -0.05) is 30.3 Å². The number of nitrogens with one attached hydrogen (secondary N) is 2. The molecule has 4 heteroatoms. The lowest BCUT2D eigenvalue weighted by Crippen LogP contribution is -2.34. The van der Waals surface area contributed by atoms with Crippen molar-refractivity contribution in [1.82, 2.24) is 15.3 Å².